The zero-order chi connectivity index (χ0) is 16.9. The van der Waals surface area contributed by atoms with Crippen molar-refractivity contribution in [3.8, 4) is 0 Å². The second-order valence-electron chi connectivity index (χ2n) is 6.52. The lowest BCUT2D eigenvalue weighted by atomic mass is 9.96. The lowest BCUT2D eigenvalue weighted by Gasteiger charge is -2.10. The molecule has 1 fully saturated rings. The third-order valence-electron chi connectivity index (χ3n) is 4.61. The van der Waals surface area contributed by atoms with Crippen LogP contribution in [0.5, 0.6) is 0 Å². The molecule has 0 aliphatic heterocycles. The number of benzene rings is 1. The van der Waals surface area contributed by atoms with Crippen molar-refractivity contribution < 1.29 is 12.8 Å². The van der Waals surface area contributed by atoms with Gasteiger partial charge < -0.3 is 0 Å². The van der Waals surface area contributed by atoms with Crippen molar-refractivity contribution in [2.45, 2.75) is 17.7 Å². The molecule has 0 amide bonds. The third-order valence-corrected chi connectivity index (χ3v) is 5.74. The first-order valence-corrected chi connectivity index (χ1v) is 9.64. The molecule has 1 saturated carbocycles. The first-order valence-electron chi connectivity index (χ1n) is 7.75. The summed E-state index contributed by atoms with van der Waals surface area (Å²) in [6.07, 6.45) is 9.42. The van der Waals surface area contributed by atoms with E-state index in [2.05, 4.69) is 17.1 Å². The Morgan fingerprint density at radius 1 is 0.958 bits per heavy atom. The van der Waals surface area contributed by atoms with Gasteiger partial charge in [-0.05, 0) is 53.8 Å². The van der Waals surface area contributed by atoms with Gasteiger partial charge in [0.25, 0.3) is 0 Å². The number of rotatable bonds is 3. The normalized spacial score (nSPS) is 18.4. The minimum atomic E-state index is -3.21. The Morgan fingerprint density at radius 2 is 1.54 bits per heavy atom. The van der Waals surface area contributed by atoms with Crippen molar-refractivity contribution in [3.63, 3.8) is 0 Å². The van der Waals surface area contributed by atoms with Crippen LogP contribution in [0.4, 0.5) is 4.39 Å². The monoisotopic (exact) mass is 341 g/mol. The van der Waals surface area contributed by atoms with E-state index >= 15 is 0 Å². The molecule has 2 aliphatic rings. The topological polar surface area (TPSA) is 47.0 Å². The molecule has 0 N–H and O–H groups in total. The summed E-state index contributed by atoms with van der Waals surface area (Å²) in [6.45, 7) is 0. The molecule has 0 bridgehead atoms. The first kappa shape index (κ1) is 15.3. The number of aromatic nitrogens is 1. The zero-order valence-corrected chi connectivity index (χ0v) is 14.0. The Balaban J connectivity index is 1.76. The molecule has 1 aromatic carbocycles. The van der Waals surface area contributed by atoms with E-state index in [1.165, 1.54) is 12.3 Å². The molecule has 0 radical (unpaired) electrons. The maximum Gasteiger partial charge on any atom is 0.212 e. The largest absolute Gasteiger partial charge is 0.228 e. The molecule has 0 atom stereocenters. The van der Waals surface area contributed by atoms with Gasteiger partial charge in [-0.15, -0.1) is 0 Å². The molecule has 122 valence electrons. The van der Waals surface area contributed by atoms with Crippen LogP contribution < -0.4 is 0 Å². The molecule has 24 heavy (non-hydrogen) atoms. The summed E-state index contributed by atoms with van der Waals surface area (Å²) in [7, 11) is -3.21. The third kappa shape index (κ3) is 2.69. The van der Waals surface area contributed by atoms with E-state index in [9.17, 15) is 12.8 Å². The van der Waals surface area contributed by atoms with Gasteiger partial charge in [0.15, 0.2) is 9.84 Å². The Hall–Kier alpha value is -2.27. The van der Waals surface area contributed by atoms with Gasteiger partial charge in [-0.2, -0.15) is 4.39 Å². The molecule has 2 aliphatic carbocycles. The van der Waals surface area contributed by atoms with E-state index < -0.39 is 15.8 Å². The van der Waals surface area contributed by atoms with Crippen LogP contribution >= 0.6 is 0 Å². The van der Waals surface area contributed by atoms with E-state index in [-0.39, 0.29) is 5.41 Å². The molecule has 3 nitrogen and oxygen atoms in total. The van der Waals surface area contributed by atoms with Gasteiger partial charge in [0.1, 0.15) is 0 Å². The summed E-state index contributed by atoms with van der Waals surface area (Å²) >= 11 is 0. The van der Waals surface area contributed by atoms with Gasteiger partial charge in [0.05, 0.1) is 4.90 Å². The number of sulfone groups is 1. The van der Waals surface area contributed by atoms with Crippen molar-refractivity contribution in [2.75, 3.05) is 6.26 Å². The van der Waals surface area contributed by atoms with Crippen LogP contribution in [0, 0.1) is 11.4 Å². The van der Waals surface area contributed by atoms with Gasteiger partial charge in [0.2, 0.25) is 5.95 Å². The average Bonchev–Trinajstić information content (AvgIpc) is 3.19. The predicted molar refractivity (Wildman–Crippen MR) is 91.4 cm³/mol. The number of pyridine rings is 1. The zero-order valence-electron chi connectivity index (χ0n) is 13.2. The molecule has 5 heteroatoms. The van der Waals surface area contributed by atoms with Gasteiger partial charge in [-0.3, -0.25) is 0 Å². The summed E-state index contributed by atoms with van der Waals surface area (Å²) in [6, 6.07) is 10.0. The van der Waals surface area contributed by atoms with E-state index in [1.54, 1.807) is 24.4 Å². The second-order valence-corrected chi connectivity index (χ2v) is 8.53. The van der Waals surface area contributed by atoms with Crippen LogP contribution in [0.3, 0.4) is 0 Å². The summed E-state index contributed by atoms with van der Waals surface area (Å²) < 4.78 is 36.4. The van der Waals surface area contributed by atoms with Crippen molar-refractivity contribution in [2.24, 2.45) is 5.41 Å². The van der Waals surface area contributed by atoms with E-state index in [0.717, 1.165) is 35.1 Å². The van der Waals surface area contributed by atoms with Gasteiger partial charge in [0, 0.05) is 23.4 Å². The van der Waals surface area contributed by atoms with Crippen LogP contribution in [0.1, 0.15) is 24.0 Å². The van der Waals surface area contributed by atoms with Crippen LogP contribution in [0.2, 0.25) is 0 Å². The van der Waals surface area contributed by atoms with Crippen molar-refractivity contribution in [3.05, 3.63) is 71.8 Å². The summed E-state index contributed by atoms with van der Waals surface area (Å²) in [5.41, 5.74) is 4.03. The van der Waals surface area contributed by atoms with E-state index in [1.807, 2.05) is 12.1 Å². The molecular weight excluding hydrogens is 325 g/mol. The molecule has 0 unspecified atom stereocenters. The van der Waals surface area contributed by atoms with Crippen LogP contribution in [0.25, 0.3) is 11.1 Å². The van der Waals surface area contributed by atoms with Crippen molar-refractivity contribution >= 4 is 21.0 Å². The molecule has 2 aromatic rings. The highest BCUT2D eigenvalue weighted by molar-refractivity contribution is 7.90. The summed E-state index contributed by atoms with van der Waals surface area (Å²) in [5.74, 6) is -0.499. The molecule has 4 rings (SSSR count). The van der Waals surface area contributed by atoms with Crippen LogP contribution in [-0.4, -0.2) is 19.7 Å². The number of nitrogens with zero attached hydrogens (tertiary/aromatic N) is 1. The molecule has 1 heterocycles. The fraction of sp³-hybridized carbons (Fsp3) is 0.211. The second kappa shape index (κ2) is 5.11. The number of hydrogen-bond donors (Lipinski definition) is 0. The van der Waals surface area contributed by atoms with Gasteiger partial charge in [-0.25, -0.2) is 13.4 Å². The lowest BCUT2D eigenvalue weighted by Crippen LogP contribution is -1.97. The Kier molecular flexibility index (Phi) is 3.25. The molecule has 0 saturated heterocycles. The summed E-state index contributed by atoms with van der Waals surface area (Å²) in [5, 5.41) is 0. The Morgan fingerprint density at radius 3 is 2.04 bits per heavy atom. The van der Waals surface area contributed by atoms with Gasteiger partial charge in [-0.1, -0.05) is 24.3 Å². The van der Waals surface area contributed by atoms with Crippen molar-refractivity contribution in [1.82, 2.24) is 4.98 Å². The SMILES string of the molecule is CS(=O)(=O)c1ccc(C2=CC3(C=C2c2ccc(F)nc2)CC3)cc1. The minimum Gasteiger partial charge on any atom is -0.228 e. The standard InChI is InChI=1S/C19H16FNO2S/c1-24(22,23)15-5-2-13(3-6-15)16-10-19(8-9-19)11-17(16)14-4-7-18(20)21-12-14/h2-7,10-12H,8-9H2,1H3. The smallest absolute Gasteiger partial charge is 0.212 e. The maximum absolute atomic E-state index is 13.1. The highest BCUT2D eigenvalue weighted by Crippen LogP contribution is 2.57. The molecule has 1 aromatic heterocycles. The molecule has 1 spiro atoms. The van der Waals surface area contributed by atoms with E-state index in [4.69, 9.17) is 0 Å². The number of halogens is 1. The predicted octanol–water partition coefficient (Wildman–Crippen LogP) is 3.89. The average molecular weight is 341 g/mol. The molecular formula is C19H16FNO2S. The number of hydrogen-bond acceptors (Lipinski definition) is 3. The first-order chi connectivity index (χ1) is 11.4. The highest BCUT2D eigenvalue weighted by atomic mass is 32.2. The Labute approximate surface area is 140 Å². The highest BCUT2D eigenvalue weighted by Gasteiger charge is 2.43. The lowest BCUT2D eigenvalue weighted by molar-refractivity contribution is 0.583. The van der Waals surface area contributed by atoms with Crippen LogP contribution in [-0.2, 0) is 9.84 Å². The minimum absolute atomic E-state index is 0.106. The summed E-state index contributed by atoms with van der Waals surface area (Å²) in [4.78, 5) is 4.06. The van der Waals surface area contributed by atoms with Gasteiger partial charge >= 0.3 is 0 Å². The fourth-order valence-electron chi connectivity index (χ4n) is 3.10. The van der Waals surface area contributed by atoms with Crippen molar-refractivity contribution in [1.29, 1.82) is 0 Å². The Bertz CT molecular complexity index is 967. The number of allylic oxidation sites excluding steroid dienone is 4. The maximum atomic E-state index is 13.1. The van der Waals surface area contributed by atoms with Crippen LogP contribution in [0.15, 0.2) is 59.6 Å². The fourth-order valence-corrected chi connectivity index (χ4v) is 3.73. The quantitative estimate of drug-likeness (QED) is 0.796. The van der Waals surface area contributed by atoms with E-state index in [0.29, 0.717) is 4.90 Å².